The average Bonchev–Trinajstić information content (AvgIpc) is 3.23. The molecule has 4 rings (SSSR count). The lowest BCUT2D eigenvalue weighted by Crippen LogP contribution is -2.41. The molecule has 10 nitrogen and oxygen atoms in total. The number of amides is 2. The van der Waals surface area contributed by atoms with Gasteiger partial charge in [-0.3, -0.25) is 9.78 Å². The number of rotatable bonds is 8. The fraction of sp³-hybridized carbons (Fsp3) is 0.515. The molecular formula is C33H45N5O5. The first-order valence-corrected chi connectivity index (χ1v) is 14.8. The number of hydrogen-bond acceptors (Lipinski definition) is 7. The summed E-state index contributed by atoms with van der Waals surface area (Å²) in [6.45, 7) is 12.0. The third kappa shape index (κ3) is 8.49. The van der Waals surface area contributed by atoms with E-state index >= 15 is 0 Å². The predicted octanol–water partition coefficient (Wildman–Crippen LogP) is 6.35. The zero-order valence-electron chi connectivity index (χ0n) is 26.7. The van der Waals surface area contributed by atoms with Crippen LogP contribution in [0.5, 0.6) is 0 Å². The molecule has 10 heteroatoms. The summed E-state index contributed by atoms with van der Waals surface area (Å²) in [5, 5.41) is 3.78. The quantitative estimate of drug-likeness (QED) is 0.325. The minimum atomic E-state index is -0.720. The fourth-order valence-electron chi connectivity index (χ4n) is 4.85. The Labute approximate surface area is 254 Å². The van der Waals surface area contributed by atoms with Crippen molar-refractivity contribution in [2.75, 3.05) is 25.5 Å². The largest absolute Gasteiger partial charge is 0.444 e. The number of pyridine rings is 1. The monoisotopic (exact) mass is 591 g/mol. The number of nitrogens with one attached hydrogen (secondary N) is 1. The lowest BCUT2D eigenvalue weighted by Gasteiger charge is -2.33. The van der Waals surface area contributed by atoms with Crippen LogP contribution in [0.25, 0.3) is 10.9 Å². The Morgan fingerprint density at radius 1 is 0.977 bits per heavy atom. The van der Waals surface area contributed by atoms with Gasteiger partial charge in [-0.25, -0.2) is 14.2 Å². The molecule has 2 heterocycles. The molecule has 0 saturated heterocycles. The van der Waals surface area contributed by atoms with E-state index in [2.05, 4.69) is 10.3 Å². The van der Waals surface area contributed by atoms with Gasteiger partial charge in [0.15, 0.2) is 0 Å². The number of carbonyl (C=O) groups excluding carboxylic acids is 3. The van der Waals surface area contributed by atoms with E-state index in [4.69, 9.17) is 9.47 Å². The van der Waals surface area contributed by atoms with Crippen molar-refractivity contribution in [1.82, 2.24) is 19.8 Å². The van der Waals surface area contributed by atoms with E-state index < -0.39 is 23.4 Å². The summed E-state index contributed by atoms with van der Waals surface area (Å²) in [5.74, 6) is 0.166. The minimum absolute atomic E-state index is 0.195. The van der Waals surface area contributed by atoms with Gasteiger partial charge < -0.3 is 24.6 Å². The van der Waals surface area contributed by atoms with Gasteiger partial charge >= 0.3 is 12.2 Å². The Hall–Kier alpha value is -4.08. The summed E-state index contributed by atoms with van der Waals surface area (Å²) in [6, 6.07) is 9.41. The molecule has 0 radical (unpaired) electrons. The summed E-state index contributed by atoms with van der Waals surface area (Å²) in [5.41, 5.74) is 2.00. The SMILES string of the molecule is CN(C)c1cncc(C(=O)NCc2ccc3cc(CN(CC4CCC4)C(=O)OC(C)(C)C)n(C(=O)OC(C)(C)C)c3c2)c1. The smallest absolute Gasteiger partial charge is 0.419 e. The molecule has 1 saturated carbocycles. The van der Waals surface area contributed by atoms with E-state index in [9.17, 15) is 14.4 Å². The molecule has 1 aliphatic carbocycles. The molecule has 1 N–H and O–H groups in total. The van der Waals surface area contributed by atoms with Crippen LogP contribution in [0.3, 0.4) is 0 Å². The van der Waals surface area contributed by atoms with Crippen LogP contribution in [0.1, 0.15) is 82.4 Å². The number of hydrogen-bond donors (Lipinski definition) is 1. The van der Waals surface area contributed by atoms with Crippen LogP contribution in [0.15, 0.2) is 42.7 Å². The predicted molar refractivity (Wildman–Crippen MR) is 167 cm³/mol. The maximum Gasteiger partial charge on any atom is 0.419 e. The summed E-state index contributed by atoms with van der Waals surface area (Å²) >= 11 is 0. The Balaban J connectivity index is 1.64. The lowest BCUT2D eigenvalue weighted by molar-refractivity contribution is 0.0163. The molecule has 43 heavy (non-hydrogen) atoms. The van der Waals surface area contributed by atoms with E-state index in [-0.39, 0.29) is 19.0 Å². The van der Waals surface area contributed by atoms with E-state index in [0.29, 0.717) is 29.2 Å². The highest BCUT2D eigenvalue weighted by atomic mass is 16.6. The summed E-state index contributed by atoms with van der Waals surface area (Å²) in [6.07, 6.45) is 5.59. The summed E-state index contributed by atoms with van der Waals surface area (Å²) in [7, 11) is 3.78. The first kappa shape index (κ1) is 31.8. The maximum atomic E-state index is 13.6. The molecule has 0 spiro atoms. The lowest BCUT2D eigenvalue weighted by atomic mass is 9.85. The van der Waals surface area contributed by atoms with Crippen molar-refractivity contribution in [1.29, 1.82) is 0 Å². The van der Waals surface area contributed by atoms with Gasteiger partial charge in [-0.15, -0.1) is 0 Å². The van der Waals surface area contributed by atoms with Crippen molar-refractivity contribution in [3.05, 3.63) is 59.5 Å². The minimum Gasteiger partial charge on any atom is -0.444 e. The summed E-state index contributed by atoms with van der Waals surface area (Å²) in [4.78, 5) is 47.5. The third-order valence-electron chi connectivity index (χ3n) is 7.18. The molecule has 1 aromatic carbocycles. The van der Waals surface area contributed by atoms with Gasteiger partial charge in [0.2, 0.25) is 0 Å². The Kier molecular flexibility index (Phi) is 9.37. The first-order valence-electron chi connectivity index (χ1n) is 14.8. The fourth-order valence-corrected chi connectivity index (χ4v) is 4.85. The van der Waals surface area contributed by atoms with Gasteiger partial charge in [-0.05, 0) is 84.1 Å². The molecule has 0 unspecified atom stereocenters. The number of ether oxygens (including phenoxy) is 2. The third-order valence-corrected chi connectivity index (χ3v) is 7.18. The summed E-state index contributed by atoms with van der Waals surface area (Å²) < 4.78 is 13.1. The highest BCUT2D eigenvalue weighted by Crippen LogP contribution is 2.30. The number of benzene rings is 1. The molecule has 2 amide bonds. The van der Waals surface area contributed by atoms with Gasteiger partial charge in [-0.2, -0.15) is 0 Å². The highest BCUT2D eigenvalue weighted by Gasteiger charge is 2.30. The van der Waals surface area contributed by atoms with Crippen LogP contribution in [0.4, 0.5) is 15.3 Å². The molecule has 232 valence electrons. The maximum absolute atomic E-state index is 13.6. The number of carbonyl (C=O) groups is 3. The highest BCUT2D eigenvalue weighted by molar-refractivity contribution is 5.95. The van der Waals surface area contributed by atoms with Gasteiger partial charge in [-0.1, -0.05) is 18.6 Å². The number of anilines is 1. The average molecular weight is 592 g/mol. The van der Waals surface area contributed by atoms with E-state index in [1.54, 1.807) is 17.2 Å². The van der Waals surface area contributed by atoms with Crippen molar-refractivity contribution in [2.45, 2.75) is 85.1 Å². The Morgan fingerprint density at radius 3 is 2.28 bits per heavy atom. The molecule has 3 aromatic rings. The number of fused-ring (bicyclic) bond motifs is 1. The van der Waals surface area contributed by atoms with Gasteiger partial charge in [0.25, 0.3) is 5.91 Å². The number of aromatic nitrogens is 2. The molecular weight excluding hydrogens is 546 g/mol. The topological polar surface area (TPSA) is 106 Å². The first-order chi connectivity index (χ1) is 20.1. The van der Waals surface area contributed by atoms with Crippen LogP contribution < -0.4 is 10.2 Å². The molecule has 0 aliphatic heterocycles. The zero-order chi connectivity index (χ0) is 31.5. The van der Waals surface area contributed by atoms with Crippen LogP contribution in [0.2, 0.25) is 0 Å². The van der Waals surface area contributed by atoms with Crippen LogP contribution in [-0.2, 0) is 22.6 Å². The molecule has 0 atom stereocenters. The molecule has 0 bridgehead atoms. The Morgan fingerprint density at radius 2 is 1.67 bits per heavy atom. The molecule has 1 fully saturated rings. The van der Waals surface area contributed by atoms with Crippen LogP contribution in [0, 0.1) is 5.92 Å². The van der Waals surface area contributed by atoms with Crippen molar-refractivity contribution in [2.24, 2.45) is 5.92 Å². The molecule has 1 aliphatic rings. The standard InChI is InChI=1S/C33H45N5O5/c1-32(2,3)42-30(40)37(20-22-10-9-11-22)21-27-15-24-13-12-23(14-28(24)38(27)31(41)43-33(4,5)6)17-35-29(39)25-16-26(36(7)8)19-34-18-25/h12-16,18-19,22H,9-11,17,20-21H2,1-8H3,(H,35,39). The van der Waals surface area contributed by atoms with E-state index in [1.807, 2.05) is 84.8 Å². The van der Waals surface area contributed by atoms with Crippen molar-refractivity contribution in [3.63, 3.8) is 0 Å². The van der Waals surface area contributed by atoms with Crippen molar-refractivity contribution >= 4 is 34.7 Å². The van der Waals surface area contributed by atoms with Gasteiger partial charge in [0.1, 0.15) is 11.2 Å². The normalized spacial score (nSPS) is 13.8. The second kappa shape index (κ2) is 12.7. The van der Waals surface area contributed by atoms with Gasteiger partial charge in [0, 0.05) is 44.5 Å². The number of nitrogens with zero attached hydrogens (tertiary/aromatic N) is 4. The Bertz CT molecular complexity index is 1480. The van der Waals surface area contributed by atoms with Crippen molar-refractivity contribution < 1.29 is 23.9 Å². The van der Waals surface area contributed by atoms with Crippen LogP contribution in [-0.4, -0.2) is 64.4 Å². The van der Waals surface area contributed by atoms with E-state index in [0.717, 1.165) is 35.9 Å². The van der Waals surface area contributed by atoms with Gasteiger partial charge in [0.05, 0.1) is 29.5 Å². The second-order valence-corrected chi connectivity index (χ2v) is 13.5. The van der Waals surface area contributed by atoms with E-state index in [1.165, 1.54) is 10.8 Å². The zero-order valence-corrected chi connectivity index (χ0v) is 26.7. The molecule has 2 aromatic heterocycles. The second-order valence-electron chi connectivity index (χ2n) is 13.5. The van der Waals surface area contributed by atoms with Crippen LogP contribution >= 0.6 is 0 Å². The van der Waals surface area contributed by atoms with Crippen molar-refractivity contribution in [3.8, 4) is 0 Å².